The Morgan fingerprint density at radius 1 is 1.10 bits per heavy atom. The van der Waals surface area contributed by atoms with E-state index in [9.17, 15) is 9.90 Å². The molecule has 158 valence electrons. The topological polar surface area (TPSA) is 61.7 Å². The first-order valence-electron chi connectivity index (χ1n) is 11.0. The molecule has 3 atom stereocenters. The lowest BCUT2D eigenvalue weighted by molar-refractivity contribution is -0.125. The number of hydrogen-bond donors (Lipinski definition) is 2. The monoisotopic (exact) mass is 404 g/mol. The molecule has 2 bridgehead atoms. The molecule has 2 aliphatic rings. The molecule has 0 saturated heterocycles. The van der Waals surface area contributed by atoms with Crippen molar-refractivity contribution >= 4 is 17.3 Å². The largest absolute Gasteiger partial charge is 0.506 e. The van der Waals surface area contributed by atoms with Gasteiger partial charge in [-0.15, -0.1) is 0 Å². The fourth-order valence-electron chi connectivity index (χ4n) is 5.64. The minimum Gasteiger partial charge on any atom is -0.506 e. The number of nitrogens with zero attached hydrogens (tertiary/aromatic N) is 1. The van der Waals surface area contributed by atoms with Crippen molar-refractivity contribution < 1.29 is 9.90 Å². The van der Waals surface area contributed by atoms with Crippen LogP contribution in [0.15, 0.2) is 59.6 Å². The van der Waals surface area contributed by atoms with E-state index >= 15 is 0 Å². The summed E-state index contributed by atoms with van der Waals surface area (Å²) in [6.45, 7) is 8.80. The van der Waals surface area contributed by atoms with E-state index < -0.39 is 5.41 Å². The van der Waals surface area contributed by atoms with Gasteiger partial charge in [0.1, 0.15) is 5.75 Å². The highest BCUT2D eigenvalue weighted by molar-refractivity contribution is 6.16. The lowest BCUT2D eigenvalue weighted by Gasteiger charge is -2.37. The van der Waals surface area contributed by atoms with Gasteiger partial charge in [0.2, 0.25) is 5.91 Å². The quantitative estimate of drug-likeness (QED) is 0.601. The van der Waals surface area contributed by atoms with E-state index in [2.05, 4.69) is 57.3 Å². The van der Waals surface area contributed by atoms with Crippen molar-refractivity contribution in [2.45, 2.75) is 53.0 Å². The molecule has 0 spiro atoms. The SMILES string of the molecule is CC(C)C(N=C1C[C@H]2CC[C@]1(C(=O)Nc1ccccc1O)C2(C)C)c1ccccc1. The summed E-state index contributed by atoms with van der Waals surface area (Å²) < 4.78 is 0. The van der Waals surface area contributed by atoms with Crippen LogP contribution in [0.25, 0.3) is 0 Å². The van der Waals surface area contributed by atoms with Gasteiger partial charge in [-0.05, 0) is 54.2 Å². The Morgan fingerprint density at radius 2 is 1.77 bits per heavy atom. The van der Waals surface area contributed by atoms with Crippen LogP contribution < -0.4 is 5.32 Å². The van der Waals surface area contributed by atoms with E-state index in [1.165, 1.54) is 5.56 Å². The van der Waals surface area contributed by atoms with Gasteiger partial charge in [-0.2, -0.15) is 0 Å². The maximum Gasteiger partial charge on any atom is 0.236 e. The summed E-state index contributed by atoms with van der Waals surface area (Å²) >= 11 is 0. The van der Waals surface area contributed by atoms with Crippen LogP contribution in [-0.2, 0) is 4.79 Å². The van der Waals surface area contributed by atoms with Gasteiger partial charge in [-0.25, -0.2) is 0 Å². The zero-order chi connectivity index (χ0) is 21.5. The van der Waals surface area contributed by atoms with Gasteiger partial charge in [0.25, 0.3) is 0 Å². The number of para-hydroxylation sites is 2. The van der Waals surface area contributed by atoms with E-state index in [-0.39, 0.29) is 23.1 Å². The van der Waals surface area contributed by atoms with Crippen molar-refractivity contribution in [3.05, 3.63) is 60.2 Å². The van der Waals surface area contributed by atoms with E-state index in [4.69, 9.17) is 4.99 Å². The molecule has 0 radical (unpaired) electrons. The van der Waals surface area contributed by atoms with E-state index in [1.54, 1.807) is 18.2 Å². The molecular weight excluding hydrogens is 372 g/mol. The molecule has 2 fully saturated rings. The molecule has 4 nitrogen and oxygen atoms in total. The summed E-state index contributed by atoms with van der Waals surface area (Å²) in [6, 6.07) is 17.3. The Balaban J connectivity index is 1.75. The van der Waals surface area contributed by atoms with Crippen molar-refractivity contribution in [2.75, 3.05) is 5.32 Å². The van der Waals surface area contributed by atoms with Gasteiger partial charge in [-0.1, -0.05) is 70.2 Å². The molecule has 2 saturated carbocycles. The Kier molecular flexibility index (Phi) is 5.21. The second-order valence-electron chi connectivity index (χ2n) is 9.71. The molecule has 2 aliphatic carbocycles. The third-order valence-electron chi connectivity index (χ3n) is 7.53. The number of rotatable bonds is 5. The van der Waals surface area contributed by atoms with Gasteiger partial charge in [-0.3, -0.25) is 9.79 Å². The van der Waals surface area contributed by atoms with Crippen molar-refractivity contribution in [2.24, 2.45) is 27.7 Å². The third kappa shape index (κ3) is 3.13. The van der Waals surface area contributed by atoms with E-state index in [0.717, 1.165) is 25.0 Å². The first-order valence-corrected chi connectivity index (χ1v) is 11.0. The summed E-state index contributed by atoms with van der Waals surface area (Å²) in [7, 11) is 0. The van der Waals surface area contributed by atoms with E-state index in [0.29, 0.717) is 17.5 Å². The molecule has 4 rings (SSSR count). The van der Waals surface area contributed by atoms with Crippen molar-refractivity contribution in [1.82, 2.24) is 0 Å². The Labute approximate surface area is 179 Å². The number of amides is 1. The van der Waals surface area contributed by atoms with Gasteiger partial charge < -0.3 is 10.4 Å². The zero-order valence-electron chi connectivity index (χ0n) is 18.4. The smallest absolute Gasteiger partial charge is 0.236 e. The molecule has 2 N–H and O–H groups in total. The number of hydrogen-bond acceptors (Lipinski definition) is 3. The molecule has 4 heteroatoms. The first-order chi connectivity index (χ1) is 14.3. The molecule has 0 heterocycles. The number of nitrogens with one attached hydrogen (secondary N) is 1. The molecule has 0 aromatic heterocycles. The number of fused-ring (bicyclic) bond motifs is 2. The average molecular weight is 405 g/mol. The van der Waals surface area contributed by atoms with Gasteiger partial charge in [0, 0.05) is 5.71 Å². The number of benzene rings is 2. The Hall–Kier alpha value is -2.62. The van der Waals surface area contributed by atoms with Crippen LogP contribution in [0.2, 0.25) is 0 Å². The summed E-state index contributed by atoms with van der Waals surface area (Å²) in [5.41, 5.74) is 1.88. The maximum absolute atomic E-state index is 13.8. The molecule has 0 aliphatic heterocycles. The Morgan fingerprint density at radius 3 is 2.40 bits per heavy atom. The normalized spacial score (nSPS) is 26.8. The van der Waals surface area contributed by atoms with Crippen molar-refractivity contribution in [3.63, 3.8) is 0 Å². The number of phenolic OH excluding ortho intramolecular Hbond substituents is 1. The molecule has 30 heavy (non-hydrogen) atoms. The zero-order valence-corrected chi connectivity index (χ0v) is 18.4. The first kappa shape index (κ1) is 20.6. The lowest BCUT2D eigenvalue weighted by atomic mass is 9.67. The van der Waals surface area contributed by atoms with Crippen LogP contribution in [0, 0.1) is 22.7 Å². The van der Waals surface area contributed by atoms with Crippen molar-refractivity contribution in [1.29, 1.82) is 0 Å². The lowest BCUT2D eigenvalue weighted by Crippen LogP contribution is -2.47. The van der Waals surface area contributed by atoms with Crippen LogP contribution in [0.5, 0.6) is 5.75 Å². The summed E-state index contributed by atoms with van der Waals surface area (Å²) in [5.74, 6) is 0.842. The predicted molar refractivity (Wildman–Crippen MR) is 122 cm³/mol. The Bertz CT molecular complexity index is 964. The van der Waals surface area contributed by atoms with Crippen molar-refractivity contribution in [3.8, 4) is 5.75 Å². The number of aliphatic imine (C=N–C) groups is 1. The highest BCUT2D eigenvalue weighted by Crippen LogP contribution is 2.65. The number of aromatic hydroxyl groups is 1. The van der Waals surface area contributed by atoms with Crippen LogP contribution in [0.1, 0.15) is 58.6 Å². The molecule has 1 unspecified atom stereocenters. The summed E-state index contributed by atoms with van der Waals surface area (Å²) in [6.07, 6.45) is 2.72. The third-order valence-corrected chi connectivity index (χ3v) is 7.53. The molecular formula is C26H32N2O2. The number of carbonyl (C=O) groups excluding carboxylic acids is 1. The molecule has 1 amide bonds. The number of carbonyl (C=O) groups is 1. The second-order valence-corrected chi connectivity index (χ2v) is 9.71. The summed E-state index contributed by atoms with van der Waals surface area (Å²) in [5, 5.41) is 13.2. The highest BCUT2D eigenvalue weighted by atomic mass is 16.3. The van der Waals surface area contributed by atoms with Crippen LogP contribution in [0.3, 0.4) is 0 Å². The van der Waals surface area contributed by atoms with Crippen LogP contribution in [0.4, 0.5) is 5.69 Å². The standard InChI is InChI=1S/C26H32N2O2/c1-17(2)23(18-10-6-5-7-11-18)28-22-16-19-14-15-26(22,25(19,3)4)24(30)27-20-12-8-9-13-21(20)29/h5-13,17,19,23,29H,14-16H2,1-4H3,(H,27,30)/t19-,23?,26+/m1/s1. The molecule has 2 aromatic rings. The van der Waals surface area contributed by atoms with Gasteiger partial charge in [0.05, 0.1) is 17.1 Å². The van der Waals surface area contributed by atoms with Crippen LogP contribution in [-0.4, -0.2) is 16.7 Å². The second kappa shape index (κ2) is 7.57. The van der Waals surface area contributed by atoms with Gasteiger partial charge >= 0.3 is 0 Å². The minimum atomic E-state index is -0.637. The molecule has 2 aromatic carbocycles. The fraction of sp³-hybridized carbons (Fsp3) is 0.462. The number of anilines is 1. The minimum absolute atomic E-state index is 0.0335. The van der Waals surface area contributed by atoms with Crippen LogP contribution >= 0.6 is 0 Å². The van der Waals surface area contributed by atoms with E-state index in [1.807, 2.05) is 12.1 Å². The predicted octanol–water partition coefficient (Wildman–Crippen LogP) is 6.00. The summed E-state index contributed by atoms with van der Waals surface area (Å²) in [4.78, 5) is 19.0. The fourth-order valence-corrected chi connectivity index (χ4v) is 5.64. The highest BCUT2D eigenvalue weighted by Gasteiger charge is 2.66. The maximum atomic E-state index is 13.8. The van der Waals surface area contributed by atoms with Gasteiger partial charge in [0.15, 0.2) is 0 Å². The average Bonchev–Trinajstić information content (AvgIpc) is 3.11. The number of phenols is 1.